The molecule has 0 saturated heterocycles. The van der Waals surface area contributed by atoms with Crippen molar-refractivity contribution >= 4 is 5.97 Å². The number of carboxylic acid groups (broad SMARTS) is 1. The minimum Gasteiger partial charge on any atom is -0.478 e. The van der Waals surface area contributed by atoms with E-state index < -0.39 is 5.97 Å². The van der Waals surface area contributed by atoms with Crippen LogP contribution in [0.2, 0.25) is 0 Å². The minimum absolute atomic E-state index is 0.164. The molecule has 6 nitrogen and oxygen atoms in total. The van der Waals surface area contributed by atoms with E-state index in [2.05, 4.69) is 15.1 Å². The number of hydrogen-bond acceptors (Lipinski definition) is 4. The van der Waals surface area contributed by atoms with Crippen molar-refractivity contribution in [2.75, 3.05) is 0 Å². The Morgan fingerprint density at radius 1 is 1.29 bits per heavy atom. The summed E-state index contributed by atoms with van der Waals surface area (Å²) in [4.78, 5) is 19.4. The van der Waals surface area contributed by atoms with Gasteiger partial charge in [-0.05, 0) is 13.8 Å². The molecule has 0 aliphatic heterocycles. The number of rotatable bonds is 2. The van der Waals surface area contributed by atoms with Crippen LogP contribution in [0.5, 0.6) is 0 Å². The lowest BCUT2D eigenvalue weighted by molar-refractivity contribution is 0.0694. The van der Waals surface area contributed by atoms with Crippen LogP contribution in [-0.4, -0.2) is 30.8 Å². The van der Waals surface area contributed by atoms with E-state index in [1.807, 2.05) is 0 Å². The van der Waals surface area contributed by atoms with E-state index in [0.29, 0.717) is 17.2 Å². The summed E-state index contributed by atoms with van der Waals surface area (Å²) in [5, 5.41) is 13.0. The summed E-state index contributed by atoms with van der Waals surface area (Å²) in [7, 11) is 1.80. The van der Waals surface area contributed by atoms with E-state index in [0.717, 1.165) is 5.56 Å². The van der Waals surface area contributed by atoms with E-state index in [1.165, 1.54) is 0 Å². The van der Waals surface area contributed by atoms with Gasteiger partial charge >= 0.3 is 5.97 Å². The molecular formula is C11H12N4O2. The summed E-state index contributed by atoms with van der Waals surface area (Å²) < 4.78 is 1.65. The highest BCUT2D eigenvalue weighted by atomic mass is 16.4. The number of aromatic carboxylic acids is 1. The molecule has 2 heterocycles. The highest BCUT2D eigenvalue weighted by Gasteiger charge is 2.15. The van der Waals surface area contributed by atoms with Crippen molar-refractivity contribution in [3.05, 3.63) is 29.3 Å². The molecule has 1 N–H and O–H groups in total. The van der Waals surface area contributed by atoms with Crippen LogP contribution in [0.4, 0.5) is 0 Å². The van der Waals surface area contributed by atoms with Gasteiger partial charge in [-0.2, -0.15) is 5.10 Å². The van der Waals surface area contributed by atoms with Gasteiger partial charge in [0.05, 0.1) is 23.1 Å². The first kappa shape index (κ1) is 11.3. The van der Waals surface area contributed by atoms with Crippen molar-refractivity contribution in [3.8, 4) is 11.4 Å². The van der Waals surface area contributed by atoms with Gasteiger partial charge < -0.3 is 5.11 Å². The molecule has 6 heteroatoms. The molecule has 0 aliphatic carbocycles. The molecule has 0 spiro atoms. The van der Waals surface area contributed by atoms with Gasteiger partial charge in [0.15, 0.2) is 5.82 Å². The van der Waals surface area contributed by atoms with Gasteiger partial charge in [0.25, 0.3) is 0 Å². The lowest BCUT2D eigenvalue weighted by Gasteiger charge is -2.05. The molecule has 88 valence electrons. The molecule has 0 radical (unpaired) electrons. The Morgan fingerprint density at radius 2 is 1.88 bits per heavy atom. The number of aryl methyl sites for hydroxylation is 3. The van der Waals surface area contributed by atoms with Gasteiger partial charge in [0.1, 0.15) is 5.56 Å². The predicted molar refractivity (Wildman–Crippen MR) is 60.7 cm³/mol. The topological polar surface area (TPSA) is 80.9 Å². The molecule has 0 amide bonds. The van der Waals surface area contributed by atoms with Gasteiger partial charge in [0.2, 0.25) is 0 Å². The van der Waals surface area contributed by atoms with E-state index in [9.17, 15) is 4.79 Å². The zero-order valence-corrected chi connectivity index (χ0v) is 9.80. The number of carboxylic acids is 1. The Morgan fingerprint density at radius 3 is 2.29 bits per heavy atom. The second kappa shape index (κ2) is 3.97. The molecular weight excluding hydrogens is 220 g/mol. The van der Waals surface area contributed by atoms with Crippen molar-refractivity contribution in [3.63, 3.8) is 0 Å². The van der Waals surface area contributed by atoms with Crippen molar-refractivity contribution in [1.82, 2.24) is 19.7 Å². The third-order valence-electron chi connectivity index (χ3n) is 2.45. The third-order valence-corrected chi connectivity index (χ3v) is 2.45. The van der Waals surface area contributed by atoms with Crippen molar-refractivity contribution < 1.29 is 9.90 Å². The lowest BCUT2D eigenvalue weighted by Crippen LogP contribution is -2.08. The predicted octanol–water partition coefficient (Wildman–Crippen LogP) is 1.19. The first-order valence-corrected chi connectivity index (χ1v) is 5.06. The summed E-state index contributed by atoms with van der Waals surface area (Å²) >= 11 is 0. The van der Waals surface area contributed by atoms with Crippen molar-refractivity contribution in [1.29, 1.82) is 0 Å². The van der Waals surface area contributed by atoms with Crippen LogP contribution in [-0.2, 0) is 7.05 Å². The van der Waals surface area contributed by atoms with Gasteiger partial charge in [-0.25, -0.2) is 14.8 Å². The molecule has 17 heavy (non-hydrogen) atoms. The fourth-order valence-corrected chi connectivity index (χ4v) is 1.69. The Bertz CT molecular complexity index is 566. The van der Waals surface area contributed by atoms with Crippen LogP contribution in [0.25, 0.3) is 11.4 Å². The molecule has 0 saturated carbocycles. The van der Waals surface area contributed by atoms with Gasteiger partial charge in [-0.15, -0.1) is 0 Å². The summed E-state index contributed by atoms with van der Waals surface area (Å²) in [6.07, 6.45) is 3.43. The van der Waals surface area contributed by atoms with E-state index in [1.54, 1.807) is 38.0 Å². The average Bonchev–Trinajstić information content (AvgIpc) is 2.63. The zero-order valence-electron chi connectivity index (χ0n) is 9.80. The third kappa shape index (κ3) is 2.01. The Hall–Kier alpha value is -2.24. The van der Waals surface area contributed by atoms with Crippen LogP contribution in [0.1, 0.15) is 21.7 Å². The van der Waals surface area contributed by atoms with Crippen LogP contribution in [0.15, 0.2) is 12.4 Å². The van der Waals surface area contributed by atoms with Crippen LogP contribution in [0, 0.1) is 13.8 Å². The summed E-state index contributed by atoms with van der Waals surface area (Å²) in [5.41, 5.74) is 1.86. The molecule has 0 aromatic carbocycles. The van der Waals surface area contributed by atoms with Gasteiger partial charge in [-0.3, -0.25) is 4.68 Å². The Labute approximate surface area is 98.0 Å². The number of hydrogen-bond donors (Lipinski definition) is 1. The number of aromatic nitrogens is 4. The molecule has 2 rings (SSSR count). The first-order valence-electron chi connectivity index (χ1n) is 5.06. The molecule has 2 aromatic heterocycles. The van der Waals surface area contributed by atoms with Crippen molar-refractivity contribution in [2.24, 2.45) is 7.05 Å². The SMILES string of the molecule is Cc1nc(-c2cnn(C)c2)nc(C)c1C(=O)O. The Kier molecular flexibility index (Phi) is 2.63. The fraction of sp³-hybridized carbons (Fsp3) is 0.273. The monoisotopic (exact) mass is 232 g/mol. The fourth-order valence-electron chi connectivity index (χ4n) is 1.69. The summed E-state index contributed by atoms with van der Waals surface area (Å²) in [5.74, 6) is -0.504. The van der Waals surface area contributed by atoms with Gasteiger partial charge in [0, 0.05) is 13.2 Å². The molecule has 0 atom stereocenters. The largest absolute Gasteiger partial charge is 0.478 e. The van der Waals surface area contributed by atoms with Crippen molar-refractivity contribution in [2.45, 2.75) is 13.8 Å². The van der Waals surface area contributed by atoms with E-state index in [4.69, 9.17) is 5.11 Å². The maximum Gasteiger partial charge on any atom is 0.339 e. The summed E-state index contributed by atoms with van der Waals surface area (Å²) in [6, 6.07) is 0. The highest BCUT2D eigenvalue weighted by Crippen LogP contribution is 2.17. The quantitative estimate of drug-likeness (QED) is 0.841. The molecule has 0 fully saturated rings. The summed E-state index contributed by atoms with van der Waals surface area (Å²) in [6.45, 7) is 3.33. The lowest BCUT2D eigenvalue weighted by atomic mass is 10.1. The minimum atomic E-state index is -1.00. The molecule has 0 bridgehead atoms. The standard InChI is InChI=1S/C11H12N4O2/c1-6-9(11(16)17)7(2)14-10(13-6)8-4-12-15(3)5-8/h4-5H,1-3H3,(H,16,17). The van der Waals surface area contributed by atoms with Gasteiger partial charge in [-0.1, -0.05) is 0 Å². The van der Waals surface area contributed by atoms with Crippen LogP contribution < -0.4 is 0 Å². The normalized spacial score (nSPS) is 10.5. The highest BCUT2D eigenvalue weighted by molar-refractivity contribution is 5.90. The Balaban J connectivity index is 2.56. The second-order valence-electron chi connectivity index (χ2n) is 3.80. The number of nitrogens with zero attached hydrogens (tertiary/aromatic N) is 4. The maximum atomic E-state index is 11.0. The first-order chi connectivity index (χ1) is 7.99. The second-order valence-corrected chi connectivity index (χ2v) is 3.80. The van der Waals surface area contributed by atoms with E-state index >= 15 is 0 Å². The number of carbonyl (C=O) groups is 1. The maximum absolute atomic E-state index is 11.0. The average molecular weight is 232 g/mol. The van der Waals surface area contributed by atoms with Crippen LogP contribution in [0.3, 0.4) is 0 Å². The zero-order chi connectivity index (χ0) is 12.6. The molecule has 0 aliphatic rings. The smallest absolute Gasteiger partial charge is 0.339 e. The van der Waals surface area contributed by atoms with E-state index in [-0.39, 0.29) is 5.56 Å². The van der Waals surface area contributed by atoms with Crippen LogP contribution >= 0.6 is 0 Å². The molecule has 2 aromatic rings. The molecule has 0 unspecified atom stereocenters.